The molecule has 28 heavy (non-hydrogen) atoms. The summed E-state index contributed by atoms with van der Waals surface area (Å²) in [7, 11) is 1.66. The number of carbonyl (C=O) groups is 2. The molecule has 2 aromatic carbocycles. The van der Waals surface area contributed by atoms with E-state index in [4.69, 9.17) is 0 Å². The Morgan fingerprint density at radius 1 is 1.04 bits per heavy atom. The minimum absolute atomic E-state index is 0.00565. The molecule has 0 saturated carbocycles. The zero-order valence-electron chi connectivity index (χ0n) is 15.0. The van der Waals surface area contributed by atoms with Crippen molar-refractivity contribution in [2.24, 2.45) is 0 Å². The van der Waals surface area contributed by atoms with Crippen molar-refractivity contribution in [1.82, 2.24) is 0 Å². The Morgan fingerprint density at radius 3 is 2.43 bits per heavy atom. The molecule has 0 spiro atoms. The van der Waals surface area contributed by atoms with Gasteiger partial charge in [0.1, 0.15) is 10.6 Å². The lowest BCUT2D eigenvalue weighted by Crippen LogP contribution is -2.15. The highest BCUT2D eigenvalue weighted by Crippen LogP contribution is 2.38. The van der Waals surface area contributed by atoms with Crippen LogP contribution >= 0.6 is 11.3 Å². The van der Waals surface area contributed by atoms with E-state index in [2.05, 4.69) is 10.6 Å². The summed E-state index contributed by atoms with van der Waals surface area (Å²) in [6.07, 6.45) is 0. The van der Waals surface area contributed by atoms with Crippen LogP contribution in [0.2, 0.25) is 0 Å². The predicted molar refractivity (Wildman–Crippen MR) is 105 cm³/mol. The smallest absolute Gasteiger partial charge is 0.339 e. The standard InChI is InChI=1S/C20H16F2N2O3S/c1-10-7-8-11(17(22)16(10)21)13-9-28-19(15(13)20(26)27)24-18(25)12-5-3-4-6-14(12)23-2/h3-9,23H,1-2H3,(H,24,25)(H,26,27). The summed E-state index contributed by atoms with van der Waals surface area (Å²) < 4.78 is 28.3. The second-order valence-electron chi connectivity index (χ2n) is 5.97. The summed E-state index contributed by atoms with van der Waals surface area (Å²) in [6, 6.07) is 9.42. The van der Waals surface area contributed by atoms with Gasteiger partial charge in [0.05, 0.1) is 5.56 Å². The molecule has 3 N–H and O–H groups in total. The van der Waals surface area contributed by atoms with E-state index in [0.29, 0.717) is 11.3 Å². The molecule has 0 radical (unpaired) electrons. The second kappa shape index (κ2) is 7.77. The number of carboxylic acids is 1. The van der Waals surface area contributed by atoms with Crippen molar-refractivity contribution < 1.29 is 23.5 Å². The third kappa shape index (κ3) is 3.46. The number of carbonyl (C=O) groups excluding carboxylic acids is 1. The van der Waals surface area contributed by atoms with Gasteiger partial charge in [-0.15, -0.1) is 11.3 Å². The minimum atomic E-state index is -1.35. The molecule has 0 atom stereocenters. The van der Waals surface area contributed by atoms with Gasteiger partial charge in [0.25, 0.3) is 5.91 Å². The molecular weight excluding hydrogens is 386 g/mol. The maximum Gasteiger partial charge on any atom is 0.339 e. The van der Waals surface area contributed by atoms with Gasteiger partial charge in [-0.3, -0.25) is 4.79 Å². The SMILES string of the molecule is CNc1ccccc1C(=O)Nc1scc(-c2ccc(C)c(F)c2F)c1C(=O)O. The number of aryl methyl sites for hydroxylation is 1. The Morgan fingerprint density at radius 2 is 1.75 bits per heavy atom. The first kappa shape index (κ1) is 19.5. The number of nitrogens with one attached hydrogen (secondary N) is 2. The van der Waals surface area contributed by atoms with Crippen LogP contribution in [-0.4, -0.2) is 24.0 Å². The molecule has 0 aliphatic rings. The summed E-state index contributed by atoms with van der Waals surface area (Å²) >= 11 is 0.932. The highest BCUT2D eigenvalue weighted by atomic mass is 32.1. The zero-order chi connectivity index (χ0) is 20.4. The summed E-state index contributed by atoms with van der Waals surface area (Å²) in [5.41, 5.74) is 0.552. The Bertz CT molecular complexity index is 1080. The number of aromatic carboxylic acids is 1. The lowest BCUT2D eigenvalue weighted by Gasteiger charge is -2.10. The molecule has 1 amide bonds. The fourth-order valence-corrected chi connectivity index (χ4v) is 3.73. The molecule has 0 saturated heterocycles. The third-order valence-corrected chi connectivity index (χ3v) is 5.13. The van der Waals surface area contributed by atoms with Crippen LogP contribution in [0.4, 0.5) is 19.5 Å². The van der Waals surface area contributed by atoms with Gasteiger partial charge in [0, 0.05) is 29.2 Å². The first-order chi connectivity index (χ1) is 13.3. The number of anilines is 2. The number of para-hydroxylation sites is 1. The van der Waals surface area contributed by atoms with Crippen molar-refractivity contribution in [2.75, 3.05) is 17.7 Å². The van der Waals surface area contributed by atoms with Crippen LogP contribution < -0.4 is 10.6 Å². The van der Waals surface area contributed by atoms with Gasteiger partial charge in [0.2, 0.25) is 0 Å². The van der Waals surface area contributed by atoms with E-state index >= 15 is 0 Å². The number of amides is 1. The molecule has 8 heteroatoms. The minimum Gasteiger partial charge on any atom is -0.478 e. The summed E-state index contributed by atoms with van der Waals surface area (Å²) in [5.74, 6) is -4.03. The molecule has 0 fully saturated rings. The van der Waals surface area contributed by atoms with Crippen LogP contribution in [-0.2, 0) is 0 Å². The van der Waals surface area contributed by atoms with Gasteiger partial charge in [-0.25, -0.2) is 13.6 Å². The molecule has 0 aliphatic carbocycles. The Kier molecular flexibility index (Phi) is 5.41. The molecule has 0 unspecified atom stereocenters. The fourth-order valence-electron chi connectivity index (χ4n) is 2.78. The van der Waals surface area contributed by atoms with Crippen LogP contribution in [0.15, 0.2) is 41.8 Å². The van der Waals surface area contributed by atoms with Crippen molar-refractivity contribution in [1.29, 1.82) is 0 Å². The summed E-state index contributed by atoms with van der Waals surface area (Å²) in [4.78, 5) is 24.4. The van der Waals surface area contributed by atoms with Gasteiger partial charge in [-0.05, 0) is 24.6 Å². The van der Waals surface area contributed by atoms with E-state index in [0.717, 1.165) is 11.3 Å². The summed E-state index contributed by atoms with van der Waals surface area (Å²) in [6.45, 7) is 1.42. The van der Waals surface area contributed by atoms with E-state index in [1.165, 1.54) is 24.4 Å². The molecule has 144 valence electrons. The molecule has 1 aromatic heterocycles. The summed E-state index contributed by atoms with van der Waals surface area (Å²) in [5, 5.41) is 16.5. The molecule has 5 nitrogen and oxygen atoms in total. The topological polar surface area (TPSA) is 78.4 Å². The Balaban J connectivity index is 2.04. The molecular formula is C20H16F2N2O3S. The predicted octanol–water partition coefficient (Wildman–Crippen LogP) is 4.99. The highest BCUT2D eigenvalue weighted by Gasteiger charge is 2.25. The van der Waals surface area contributed by atoms with E-state index in [-0.39, 0.29) is 27.3 Å². The first-order valence-electron chi connectivity index (χ1n) is 8.23. The van der Waals surface area contributed by atoms with Gasteiger partial charge in [0.15, 0.2) is 11.6 Å². The number of hydrogen-bond acceptors (Lipinski definition) is 4. The van der Waals surface area contributed by atoms with Crippen molar-refractivity contribution in [3.8, 4) is 11.1 Å². The first-order valence-corrected chi connectivity index (χ1v) is 9.11. The lowest BCUT2D eigenvalue weighted by atomic mass is 10.0. The number of benzene rings is 2. The highest BCUT2D eigenvalue weighted by molar-refractivity contribution is 7.15. The largest absolute Gasteiger partial charge is 0.478 e. The van der Waals surface area contributed by atoms with Crippen LogP contribution in [0.1, 0.15) is 26.3 Å². The van der Waals surface area contributed by atoms with Crippen LogP contribution in [0.3, 0.4) is 0 Å². The monoisotopic (exact) mass is 402 g/mol. The molecule has 3 rings (SSSR count). The maximum absolute atomic E-state index is 14.4. The second-order valence-corrected chi connectivity index (χ2v) is 6.85. The Labute approximate surface area is 163 Å². The number of thiophene rings is 1. The van der Waals surface area contributed by atoms with Gasteiger partial charge in [-0.1, -0.05) is 24.3 Å². The van der Waals surface area contributed by atoms with E-state index in [1.54, 1.807) is 31.3 Å². The number of rotatable bonds is 5. The van der Waals surface area contributed by atoms with E-state index < -0.39 is 23.5 Å². The third-order valence-electron chi connectivity index (χ3n) is 4.24. The normalized spacial score (nSPS) is 10.6. The van der Waals surface area contributed by atoms with Crippen molar-refractivity contribution in [3.63, 3.8) is 0 Å². The van der Waals surface area contributed by atoms with E-state index in [9.17, 15) is 23.5 Å². The van der Waals surface area contributed by atoms with Gasteiger partial charge >= 0.3 is 5.97 Å². The maximum atomic E-state index is 14.4. The lowest BCUT2D eigenvalue weighted by molar-refractivity contribution is 0.0699. The Hall–Kier alpha value is -3.26. The van der Waals surface area contributed by atoms with Gasteiger partial charge < -0.3 is 15.7 Å². The number of hydrogen-bond donors (Lipinski definition) is 3. The van der Waals surface area contributed by atoms with Crippen molar-refractivity contribution >= 4 is 33.9 Å². The average Bonchev–Trinajstić information content (AvgIpc) is 3.09. The van der Waals surface area contributed by atoms with Crippen LogP contribution in [0, 0.1) is 18.6 Å². The quantitative estimate of drug-likeness (QED) is 0.562. The number of carboxylic acid groups (broad SMARTS) is 1. The average molecular weight is 402 g/mol. The van der Waals surface area contributed by atoms with Crippen molar-refractivity contribution in [3.05, 3.63) is 70.1 Å². The molecule has 1 heterocycles. The fraction of sp³-hybridized carbons (Fsp3) is 0.100. The van der Waals surface area contributed by atoms with Crippen molar-refractivity contribution in [2.45, 2.75) is 6.92 Å². The van der Waals surface area contributed by atoms with E-state index in [1.807, 2.05) is 0 Å². The van der Waals surface area contributed by atoms with Crippen LogP contribution in [0.25, 0.3) is 11.1 Å². The molecule has 3 aromatic rings. The zero-order valence-corrected chi connectivity index (χ0v) is 15.8. The van der Waals surface area contributed by atoms with Crippen LogP contribution in [0.5, 0.6) is 0 Å². The molecule has 0 bridgehead atoms. The number of halogens is 2. The molecule has 0 aliphatic heterocycles. The van der Waals surface area contributed by atoms with Gasteiger partial charge in [-0.2, -0.15) is 0 Å².